The summed E-state index contributed by atoms with van der Waals surface area (Å²) in [5.74, 6) is -0.870. The third-order valence-electron chi connectivity index (χ3n) is 6.82. The van der Waals surface area contributed by atoms with E-state index >= 15 is 0 Å². The second-order valence-corrected chi connectivity index (χ2v) is 9.70. The van der Waals surface area contributed by atoms with E-state index in [-0.39, 0.29) is 53.7 Å². The minimum atomic E-state index is -0.579. The maximum atomic E-state index is 12.7. The first-order chi connectivity index (χ1) is 16.7. The zero-order valence-electron chi connectivity index (χ0n) is 19.5. The summed E-state index contributed by atoms with van der Waals surface area (Å²) >= 11 is 6.09. The molecule has 4 rings (SSSR count). The average molecular weight is 499 g/mol. The fourth-order valence-corrected chi connectivity index (χ4v) is 5.01. The average Bonchev–Trinajstić information content (AvgIpc) is 3.05. The topological polar surface area (TPSA) is 122 Å². The monoisotopic (exact) mass is 498 g/mol. The molecule has 1 aliphatic heterocycles. The summed E-state index contributed by atoms with van der Waals surface area (Å²) in [7, 11) is 0. The van der Waals surface area contributed by atoms with Crippen molar-refractivity contribution in [3.63, 3.8) is 0 Å². The van der Waals surface area contributed by atoms with Crippen LogP contribution < -0.4 is 10.6 Å². The highest BCUT2D eigenvalue weighted by molar-refractivity contribution is 6.31. The minimum absolute atomic E-state index is 0.113. The Bertz CT molecular complexity index is 1200. The van der Waals surface area contributed by atoms with Crippen LogP contribution in [0.15, 0.2) is 36.4 Å². The maximum Gasteiger partial charge on any atom is 0.293 e. The fraction of sp³-hybridized carbons (Fsp3) is 0.400. The van der Waals surface area contributed by atoms with Crippen molar-refractivity contribution in [1.29, 1.82) is 0 Å². The van der Waals surface area contributed by atoms with Gasteiger partial charge < -0.3 is 10.6 Å². The molecule has 2 N–H and O–H groups in total. The summed E-state index contributed by atoms with van der Waals surface area (Å²) in [6.07, 6.45) is 2.39. The number of carbonyl (C=O) groups is 3. The number of anilines is 2. The van der Waals surface area contributed by atoms with Crippen LogP contribution in [0.3, 0.4) is 0 Å². The zero-order chi connectivity index (χ0) is 25.3. The Balaban J connectivity index is 1.41. The number of nitro benzene ring substituents is 1. The van der Waals surface area contributed by atoms with E-state index in [0.29, 0.717) is 16.6 Å². The van der Waals surface area contributed by atoms with Crippen molar-refractivity contribution in [3.05, 3.63) is 62.7 Å². The minimum Gasteiger partial charge on any atom is -0.378 e. The smallest absolute Gasteiger partial charge is 0.293 e. The second kappa shape index (κ2) is 10.0. The van der Waals surface area contributed by atoms with Crippen molar-refractivity contribution >= 4 is 46.4 Å². The van der Waals surface area contributed by atoms with Gasteiger partial charge in [0.15, 0.2) is 0 Å². The lowest BCUT2D eigenvalue weighted by Crippen LogP contribution is -2.35. The van der Waals surface area contributed by atoms with E-state index in [4.69, 9.17) is 11.6 Å². The van der Waals surface area contributed by atoms with Gasteiger partial charge in [-0.05, 0) is 61.9 Å². The van der Waals surface area contributed by atoms with Gasteiger partial charge >= 0.3 is 0 Å². The normalized spacial score (nSPS) is 21.6. The largest absolute Gasteiger partial charge is 0.378 e. The Labute approximate surface area is 208 Å². The highest BCUT2D eigenvalue weighted by Crippen LogP contribution is 2.40. The first kappa shape index (κ1) is 24.7. The van der Waals surface area contributed by atoms with Gasteiger partial charge in [-0.25, -0.2) is 0 Å². The number of halogens is 1. The van der Waals surface area contributed by atoms with E-state index in [1.807, 2.05) is 6.92 Å². The molecule has 35 heavy (non-hydrogen) atoms. The molecular weight excluding hydrogens is 472 g/mol. The van der Waals surface area contributed by atoms with Crippen LogP contribution in [-0.4, -0.2) is 40.6 Å². The van der Waals surface area contributed by atoms with Crippen LogP contribution in [-0.2, 0) is 9.59 Å². The van der Waals surface area contributed by atoms with Crippen molar-refractivity contribution in [3.8, 4) is 0 Å². The molecule has 1 heterocycles. The van der Waals surface area contributed by atoms with Crippen LogP contribution >= 0.6 is 11.6 Å². The first-order valence-electron chi connectivity index (χ1n) is 11.6. The summed E-state index contributed by atoms with van der Waals surface area (Å²) in [6, 6.07) is 9.18. The Morgan fingerprint density at radius 1 is 1.14 bits per heavy atom. The number of fused-ring (bicyclic) bond motifs is 1. The maximum absolute atomic E-state index is 12.7. The summed E-state index contributed by atoms with van der Waals surface area (Å²) in [5.41, 5.74) is 1.38. The lowest BCUT2D eigenvalue weighted by molar-refractivity contribution is -0.384. The van der Waals surface area contributed by atoms with Crippen molar-refractivity contribution < 1.29 is 19.3 Å². The molecule has 10 heteroatoms. The number of rotatable bonds is 7. The molecule has 1 saturated heterocycles. The van der Waals surface area contributed by atoms with Crippen LogP contribution in [0.25, 0.3) is 0 Å². The number of benzene rings is 2. The standard InChI is InChI=1S/C25H27ClN4O5/c1-14-3-7-18-19(11-14)25(33)29(24(18)32)10-9-27-21-8-5-16(12-22(21)30(34)35)23(31)28-17-6-4-15(2)20(26)13-17/h4-6,8,12-14,18-19,27H,3,7,9-11H2,1-2H3,(H,28,31)/t14-,18-,19-/m0/s1. The van der Waals surface area contributed by atoms with Gasteiger partial charge in [-0.15, -0.1) is 0 Å². The van der Waals surface area contributed by atoms with Crippen LogP contribution in [0.4, 0.5) is 17.1 Å². The molecule has 0 bridgehead atoms. The van der Waals surface area contributed by atoms with Gasteiger partial charge in [0.25, 0.3) is 11.6 Å². The summed E-state index contributed by atoms with van der Waals surface area (Å²) in [4.78, 5) is 50.4. The molecule has 3 atom stereocenters. The predicted octanol–water partition coefficient (Wildman–Crippen LogP) is 4.64. The third kappa shape index (κ3) is 5.14. The summed E-state index contributed by atoms with van der Waals surface area (Å²) < 4.78 is 0. The molecule has 3 amide bonds. The number of amides is 3. The molecule has 1 aliphatic carbocycles. The molecular formula is C25H27ClN4O5. The molecule has 2 aliphatic rings. The summed E-state index contributed by atoms with van der Waals surface area (Å²) in [6.45, 7) is 4.23. The quantitative estimate of drug-likeness (QED) is 0.326. The lowest BCUT2D eigenvalue weighted by atomic mass is 9.76. The second-order valence-electron chi connectivity index (χ2n) is 9.29. The van der Waals surface area contributed by atoms with Gasteiger partial charge in [0.1, 0.15) is 5.69 Å². The SMILES string of the molecule is Cc1ccc(NC(=O)c2ccc(NCCN3C(=O)[C@H]4CC[C@H](C)C[C@@H]4C3=O)c([N+](=O)[O-])c2)cc1Cl. The molecule has 0 unspecified atom stereocenters. The van der Waals surface area contributed by atoms with Gasteiger partial charge in [0, 0.05) is 35.4 Å². The predicted molar refractivity (Wildman–Crippen MR) is 132 cm³/mol. The van der Waals surface area contributed by atoms with E-state index in [1.165, 1.54) is 23.1 Å². The number of nitro groups is 1. The third-order valence-corrected chi connectivity index (χ3v) is 7.22. The van der Waals surface area contributed by atoms with E-state index < -0.39 is 10.8 Å². The number of nitrogens with one attached hydrogen (secondary N) is 2. The van der Waals surface area contributed by atoms with Crippen LogP contribution in [0.2, 0.25) is 5.02 Å². The van der Waals surface area contributed by atoms with E-state index in [1.54, 1.807) is 18.2 Å². The molecule has 0 aromatic heterocycles. The number of imide groups is 1. The van der Waals surface area contributed by atoms with Crippen LogP contribution in [0.1, 0.15) is 42.1 Å². The molecule has 0 spiro atoms. The molecule has 2 fully saturated rings. The Morgan fingerprint density at radius 3 is 2.60 bits per heavy atom. The Hall–Kier alpha value is -3.46. The van der Waals surface area contributed by atoms with Gasteiger partial charge in [-0.2, -0.15) is 0 Å². The molecule has 9 nitrogen and oxygen atoms in total. The fourth-order valence-electron chi connectivity index (χ4n) is 4.83. The molecule has 2 aromatic rings. The van der Waals surface area contributed by atoms with Gasteiger partial charge in [0.2, 0.25) is 11.8 Å². The molecule has 1 saturated carbocycles. The van der Waals surface area contributed by atoms with Crippen LogP contribution in [0, 0.1) is 34.8 Å². The number of aryl methyl sites for hydroxylation is 1. The van der Waals surface area contributed by atoms with Crippen molar-refractivity contribution in [2.75, 3.05) is 23.7 Å². The van der Waals surface area contributed by atoms with E-state index in [9.17, 15) is 24.5 Å². The van der Waals surface area contributed by atoms with E-state index in [0.717, 1.165) is 24.8 Å². The van der Waals surface area contributed by atoms with Crippen molar-refractivity contribution in [2.24, 2.45) is 17.8 Å². The number of hydrogen-bond donors (Lipinski definition) is 2. The highest BCUT2D eigenvalue weighted by Gasteiger charge is 2.49. The summed E-state index contributed by atoms with van der Waals surface area (Å²) in [5, 5.41) is 17.8. The number of likely N-dealkylation sites (tertiary alicyclic amines) is 1. The van der Waals surface area contributed by atoms with Crippen molar-refractivity contribution in [2.45, 2.75) is 33.1 Å². The Kier molecular flexibility index (Phi) is 7.07. The van der Waals surface area contributed by atoms with Gasteiger partial charge in [-0.1, -0.05) is 24.6 Å². The first-order valence-corrected chi connectivity index (χ1v) is 12.0. The number of carbonyl (C=O) groups excluding carboxylic acids is 3. The van der Waals surface area contributed by atoms with Gasteiger partial charge in [0.05, 0.1) is 16.8 Å². The number of hydrogen-bond acceptors (Lipinski definition) is 6. The molecule has 184 valence electrons. The van der Waals surface area contributed by atoms with Crippen LogP contribution in [0.5, 0.6) is 0 Å². The molecule has 0 radical (unpaired) electrons. The highest BCUT2D eigenvalue weighted by atomic mass is 35.5. The lowest BCUT2D eigenvalue weighted by Gasteiger charge is -2.25. The number of nitrogens with zero attached hydrogens (tertiary/aromatic N) is 2. The Morgan fingerprint density at radius 2 is 1.89 bits per heavy atom. The van der Waals surface area contributed by atoms with E-state index in [2.05, 4.69) is 17.6 Å². The van der Waals surface area contributed by atoms with Crippen molar-refractivity contribution in [1.82, 2.24) is 4.90 Å². The zero-order valence-corrected chi connectivity index (χ0v) is 20.3. The van der Waals surface area contributed by atoms with Gasteiger partial charge in [-0.3, -0.25) is 29.4 Å². The molecule has 2 aromatic carbocycles.